The maximum absolute atomic E-state index is 12.3. The van der Waals surface area contributed by atoms with Crippen LogP contribution >= 0.6 is 11.6 Å². The van der Waals surface area contributed by atoms with Crippen LogP contribution in [0.3, 0.4) is 0 Å². The Labute approximate surface area is 121 Å². The zero-order valence-corrected chi connectivity index (χ0v) is 11.8. The highest BCUT2D eigenvalue weighted by atomic mass is 35.5. The highest BCUT2D eigenvalue weighted by Gasteiger charge is 2.47. The second-order valence-electron chi connectivity index (χ2n) is 5.20. The maximum Gasteiger partial charge on any atom is 0.251 e. The molecule has 4 atom stereocenters. The molecule has 0 bridgehead atoms. The largest absolute Gasteiger partial charge is 0.388 e. The van der Waals surface area contributed by atoms with E-state index in [0.717, 1.165) is 5.56 Å². The van der Waals surface area contributed by atoms with Gasteiger partial charge in [-0.1, -0.05) is 17.7 Å². The summed E-state index contributed by atoms with van der Waals surface area (Å²) in [6.45, 7) is 2.45. The molecule has 2 saturated heterocycles. The van der Waals surface area contributed by atoms with Crippen molar-refractivity contribution in [3.63, 3.8) is 0 Å². The molecule has 2 N–H and O–H groups in total. The number of amides is 1. The molecule has 20 heavy (non-hydrogen) atoms. The molecule has 0 unspecified atom stereocenters. The quantitative estimate of drug-likeness (QED) is 0.851. The highest BCUT2D eigenvalue weighted by Crippen LogP contribution is 2.27. The summed E-state index contributed by atoms with van der Waals surface area (Å²) in [7, 11) is 0. The van der Waals surface area contributed by atoms with Crippen molar-refractivity contribution in [3.8, 4) is 0 Å². The Balaban J connectivity index is 1.72. The second kappa shape index (κ2) is 5.33. The molecule has 2 heterocycles. The number of aliphatic hydroxyl groups excluding tert-OH is 1. The van der Waals surface area contributed by atoms with E-state index in [0.29, 0.717) is 17.2 Å². The van der Waals surface area contributed by atoms with E-state index < -0.39 is 6.10 Å². The van der Waals surface area contributed by atoms with Gasteiger partial charge in [0.05, 0.1) is 19.3 Å². The number of hydrogen-bond donors (Lipinski definition) is 2. The first kappa shape index (κ1) is 13.8. The van der Waals surface area contributed by atoms with Crippen LogP contribution < -0.4 is 5.32 Å². The maximum atomic E-state index is 12.3. The van der Waals surface area contributed by atoms with Gasteiger partial charge in [0.25, 0.3) is 5.91 Å². The molecule has 0 aliphatic carbocycles. The van der Waals surface area contributed by atoms with Gasteiger partial charge in [-0.05, 0) is 24.6 Å². The van der Waals surface area contributed by atoms with E-state index in [1.807, 2.05) is 6.92 Å². The third-order valence-corrected chi connectivity index (χ3v) is 4.02. The number of aliphatic hydroxyl groups is 1. The minimum Gasteiger partial charge on any atom is -0.388 e. The standard InChI is InChI=1S/C14H16ClNO4/c1-7-2-3-8(15)4-9(7)14(18)16-10-5-19-13-11(17)6-20-12(10)13/h2-4,10-13,17H,5-6H2,1H3,(H,16,18)/t10-,11-,12-,13-/m1/s1. The van der Waals surface area contributed by atoms with Gasteiger partial charge in [0, 0.05) is 10.6 Å². The van der Waals surface area contributed by atoms with E-state index in [1.165, 1.54) is 0 Å². The molecule has 0 saturated carbocycles. The molecule has 2 aliphatic rings. The Morgan fingerprint density at radius 3 is 2.90 bits per heavy atom. The smallest absolute Gasteiger partial charge is 0.251 e. The number of carbonyl (C=O) groups excluding carboxylic acids is 1. The van der Waals surface area contributed by atoms with Crippen LogP contribution in [0.15, 0.2) is 18.2 Å². The lowest BCUT2D eigenvalue weighted by Crippen LogP contribution is -2.44. The van der Waals surface area contributed by atoms with Crippen LogP contribution in [0.4, 0.5) is 0 Å². The number of rotatable bonds is 2. The minimum atomic E-state index is -0.616. The number of benzene rings is 1. The van der Waals surface area contributed by atoms with E-state index in [9.17, 15) is 9.90 Å². The Hall–Kier alpha value is -1.14. The van der Waals surface area contributed by atoms with Crippen LogP contribution in [0.5, 0.6) is 0 Å². The summed E-state index contributed by atoms with van der Waals surface area (Å²) in [5, 5.41) is 13.1. The van der Waals surface area contributed by atoms with Gasteiger partial charge in [0.1, 0.15) is 18.3 Å². The first-order valence-electron chi connectivity index (χ1n) is 6.54. The fourth-order valence-corrected chi connectivity index (χ4v) is 2.86. The number of ether oxygens (including phenoxy) is 2. The van der Waals surface area contributed by atoms with Crippen LogP contribution in [0.2, 0.25) is 5.02 Å². The first-order valence-corrected chi connectivity index (χ1v) is 6.92. The summed E-state index contributed by atoms with van der Waals surface area (Å²) in [6.07, 6.45) is -1.25. The summed E-state index contributed by atoms with van der Waals surface area (Å²) < 4.78 is 11.0. The van der Waals surface area contributed by atoms with Crippen molar-refractivity contribution in [2.75, 3.05) is 13.2 Å². The summed E-state index contributed by atoms with van der Waals surface area (Å²) in [5.41, 5.74) is 1.40. The van der Waals surface area contributed by atoms with Crippen molar-refractivity contribution in [2.45, 2.75) is 31.3 Å². The fraction of sp³-hybridized carbons (Fsp3) is 0.500. The van der Waals surface area contributed by atoms with Gasteiger partial charge in [-0.25, -0.2) is 0 Å². The van der Waals surface area contributed by atoms with Gasteiger partial charge in [0.2, 0.25) is 0 Å². The number of hydrogen-bond acceptors (Lipinski definition) is 4. The van der Waals surface area contributed by atoms with Crippen LogP contribution in [-0.2, 0) is 9.47 Å². The molecule has 5 nitrogen and oxygen atoms in total. The highest BCUT2D eigenvalue weighted by molar-refractivity contribution is 6.31. The zero-order valence-electron chi connectivity index (χ0n) is 11.0. The Morgan fingerprint density at radius 2 is 2.10 bits per heavy atom. The van der Waals surface area contributed by atoms with Crippen molar-refractivity contribution in [1.29, 1.82) is 0 Å². The number of aryl methyl sites for hydroxylation is 1. The lowest BCUT2D eigenvalue weighted by molar-refractivity contribution is 0.0178. The summed E-state index contributed by atoms with van der Waals surface area (Å²) in [6, 6.07) is 4.95. The predicted octanol–water partition coefficient (Wildman–Crippen LogP) is 0.905. The van der Waals surface area contributed by atoms with Crippen LogP contribution in [0.1, 0.15) is 15.9 Å². The van der Waals surface area contributed by atoms with E-state index in [-0.39, 0.29) is 30.8 Å². The number of fused-ring (bicyclic) bond motifs is 1. The number of carbonyl (C=O) groups is 1. The Kier molecular flexibility index (Phi) is 3.69. The van der Waals surface area contributed by atoms with Crippen LogP contribution in [-0.4, -0.2) is 48.6 Å². The molecule has 2 aliphatic heterocycles. The number of nitrogens with one attached hydrogen (secondary N) is 1. The minimum absolute atomic E-state index is 0.204. The van der Waals surface area contributed by atoms with E-state index in [1.54, 1.807) is 18.2 Å². The fourth-order valence-electron chi connectivity index (χ4n) is 2.69. The lowest BCUT2D eigenvalue weighted by Gasteiger charge is -2.18. The van der Waals surface area contributed by atoms with Gasteiger partial charge in [0.15, 0.2) is 0 Å². The average Bonchev–Trinajstić information content (AvgIpc) is 2.97. The van der Waals surface area contributed by atoms with E-state index in [2.05, 4.69) is 5.32 Å². The van der Waals surface area contributed by atoms with Gasteiger partial charge in [-0.2, -0.15) is 0 Å². The molecule has 3 rings (SSSR count). The first-order chi connectivity index (χ1) is 9.56. The van der Waals surface area contributed by atoms with Crippen molar-refractivity contribution in [1.82, 2.24) is 5.32 Å². The molecule has 0 radical (unpaired) electrons. The predicted molar refractivity (Wildman–Crippen MR) is 72.9 cm³/mol. The van der Waals surface area contributed by atoms with Crippen LogP contribution in [0.25, 0.3) is 0 Å². The summed E-state index contributed by atoms with van der Waals surface area (Å²) >= 11 is 5.92. The number of halogens is 1. The zero-order chi connectivity index (χ0) is 14.3. The molecule has 0 spiro atoms. The molecular formula is C14H16ClNO4. The molecular weight excluding hydrogens is 282 g/mol. The molecule has 6 heteroatoms. The summed E-state index contributed by atoms with van der Waals surface area (Å²) in [5.74, 6) is -0.204. The van der Waals surface area contributed by atoms with Gasteiger partial charge >= 0.3 is 0 Å². The monoisotopic (exact) mass is 297 g/mol. The average molecular weight is 298 g/mol. The van der Waals surface area contributed by atoms with Crippen molar-refractivity contribution in [2.24, 2.45) is 0 Å². The van der Waals surface area contributed by atoms with Crippen molar-refractivity contribution >= 4 is 17.5 Å². The third kappa shape index (κ3) is 2.42. The van der Waals surface area contributed by atoms with E-state index in [4.69, 9.17) is 21.1 Å². The lowest BCUT2D eigenvalue weighted by atomic mass is 10.1. The SMILES string of the molecule is Cc1ccc(Cl)cc1C(=O)N[C@@H]1CO[C@H]2[C@@H]1OC[C@H]2O. The molecule has 1 amide bonds. The molecule has 1 aromatic rings. The normalized spacial score (nSPS) is 32.1. The third-order valence-electron chi connectivity index (χ3n) is 3.79. The van der Waals surface area contributed by atoms with Crippen LogP contribution in [0, 0.1) is 6.92 Å². The molecule has 1 aromatic carbocycles. The van der Waals surface area contributed by atoms with Crippen molar-refractivity contribution < 1.29 is 19.4 Å². The second-order valence-corrected chi connectivity index (χ2v) is 5.64. The van der Waals surface area contributed by atoms with Gasteiger partial charge < -0.3 is 19.9 Å². The van der Waals surface area contributed by atoms with Gasteiger partial charge in [-0.3, -0.25) is 4.79 Å². The molecule has 108 valence electrons. The van der Waals surface area contributed by atoms with Crippen molar-refractivity contribution in [3.05, 3.63) is 34.3 Å². The van der Waals surface area contributed by atoms with Gasteiger partial charge in [-0.15, -0.1) is 0 Å². The Morgan fingerprint density at radius 1 is 1.35 bits per heavy atom. The summed E-state index contributed by atoms with van der Waals surface area (Å²) in [4.78, 5) is 12.3. The molecule has 2 fully saturated rings. The van der Waals surface area contributed by atoms with E-state index >= 15 is 0 Å². The topological polar surface area (TPSA) is 67.8 Å². The molecule has 0 aromatic heterocycles. The Bertz CT molecular complexity index is 536.